The Morgan fingerprint density at radius 1 is 0.857 bits per heavy atom. The van der Waals surface area contributed by atoms with E-state index >= 15 is 0 Å². The van der Waals surface area contributed by atoms with Crippen molar-refractivity contribution in [3.05, 3.63) is 0 Å². The van der Waals surface area contributed by atoms with Gasteiger partial charge in [0.15, 0.2) is 0 Å². The summed E-state index contributed by atoms with van der Waals surface area (Å²) in [5.41, 5.74) is 0. The number of hydrogen-bond acceptors (Lipinski definition) is 1. The zero-order chi connectivity index (χ0) is 4.24. The summed E-state index contributed by atoms with van der Waals surface area (Å²) in [5, 5.41) is 0. The summed E-state index contributed by atoms with van der Waals surface area (Å²) in [4.78, 5) is 0. The summed E-state index contributed by atoms with van der Waals surface area (Å²) < 4.78 is 5.07. The van der Waals surface area contributed by atoms with Gasteiger partial charge in [-0.05, 0) is 19.3 Å². The van der Waals surface area contributed by atoms with Crippen molar-refractivity contribution < 1.29 is 4.74 Å². The van der Waals surface area contributed by atoms with Crippen molar-refractivity contribution in [3.8, 4) is 0 Å². The summed E-state index contributed by atoms with van der Waals surface area (Å²) in [5.74, 6) is 0. The van der Waals surface area contributed by atoms with Gasteiger partial charge >= 0.3 is 0 Å². The molecule has 1 nitrogen and oxygen atoms in total. The van der Waals surface area contributed by atoms with E-state index in [0.717, 1.165) is 13.2 Å². The van der Waals surface area contributed by atoms with E-state index in [1.54, 1.807) is 0 Å². The minimum absolute atomic E-state index is 0. The standard InChI is InChI=1S/C5H10O.Te/c1-2-4-6-5-3-1;/h1-5H2;. The fraction of sp³-hybridized carbons (Fsp3) is 1.00. The normalized spacial score (nSPS) is 20.6. The van der Waals surface area contributed by atoms with E-state index in [9.17, 15) is 0 Å². The number of ether oxygens (including phenoxy) is 1. The van der Waals surface area contributed by atoms with Gasteiger partial charge in [0.05, 0.1) is 0 Å². The molecule has 1 aliphatic heterocycles. The fourth-order valence-electron chi connectivity index (χ4n) is 0.687. The molecular formula is C5H10OTe. The van der Waals surface area contributed by atoms with Crippen molar-refractivity contribution in [2.75, 3.05) is 13.2 Å². The van der Waals surface area contributed by atoms with E-state index in [1.165, 1.54) is 19.3 Å². The van der Waals surface area contributed by atoms with Crippen LogP contribution in [0.25, 0.3) is 0 Å². The Kier molecular flexibility index (Phi) is 5.42. The van der Waals surface area contributed by atoms with Gasteiger partial charge < -0.3 is 4.74 Å². The molecule has 1 rings (SSSR count). The molecule has 0 unspecified atom stereocenters. The Bertz CT molecular complexity index is 23.6. The molecule has 42 valence electrons. The maximum Gasteiger partial charge on any atom is 0.0466 e. The van der Waals surface area contributed by atoms with Gasteiger partial charge in [0, 0.05) is 36.9 Å². The Hall–Kier alpha value is 0.750. The van der Waals surface area contributed by atoms with Crippen LogP contribution in [0.3, 0.4) is 0 Å². The average Bonchev–Trinajstić information content (AvgIpc) is 1.72. The predicted molar refractivity (Wildman–Crippen MR) is 30.4 cm³/mol. The van der Waals surface area contributed by atoms with Crippen molar-refractivity contribution in [2.45, 2.75) is 19.3 Å². The molecule has 0 atom stereocenters. The zero-order valence-electron chi connectivity index (χ0n) is 4.35. The largest absolute Gasteiger partial charge is 0.381 e. The second kappa shape index (κ2) is 4.90. The summed E-state index contributed by atoms with van der Waals surface area (Å²) in [6.07, 6.45) is 3.93. The van der Waals surface area contributed by atoms with Crippen LogP contribution in [0, 0.1) is 0 Å². The van der Waals surface area contributed by atoms with E-state index < -0.39 is 0 Å². The number of rotatable bonds is 0. The molecule has 2 heteroatoms. The van der Waals surface area contributed by atoms with E-state index in [0.29, 0.717) is 0 Å². The van der Waals surface area contributed by atoms with Crippen molar-refractivity contribution in [2.24, 2.45) is 0 Å². The summed E-state index contributed by atoms with van der Waals surface area (Å²) >= 11 is 0. The maximum atomic E-state index is 5.07. The van der Waals surface area contributed by atoms with Gasteiger partial charge in [-0.3, -0.25) is 0 Å². The molecule has 7 heavy (non-hydrogen) atoms. The van der Waals surface area contributed by atoms with Gasteiger partial charge in [0.2, 0.25) is 0 Å². The molecule has 0 saturated carbocycles. The summed E-state index contributed by atoms with van der Waals surface area (Å²) in [6, 6.07) is 0. The van der Waals surface area contributed by atoms with Gasteiger partial charge in [0.25, 0.3) is 0 Å². The van der Waals surface area contributed by atoms with Gasteiger partial charge in [-0.15, -0.1) is 0 Å². The van der Waals surface area contributed by atoms with Crippen LogP contribution >= 0.6 is 0 Å². The quantitative estimate of drug-likeness (QED) is 0.542. The third-order valence-electron chi connectivity index (χ3n) is 1.08. The Labute approximate surface area is 61.2 Å². The van der Waals surface area contributed by atoms with Crippen molar-refractivity contribution in [1.82, 2.24) is 0 Å². The smallest absolute Gasteiger partial charge is 0.0466 e. The predicted octanol–water partition coefficient (Wildman–Crippen LogP) is 0.806. The molecule has 1 heterocycles. The van der Waals surface area contributed by atoms with Gasteiger partial charge in [-0.2, -0.15) is 0 Å². The third kappa shape index (κ3) is 3.34. The molecule has 0 aromatic heterocycles. The Morgan fingerprint density at radius 3 is 1.57 bits per heavy atom. The molecule has 0 aromatic rings. The molecule has 1 fully saturated rings. The Balaban J connectivity index is 0.000000360. The molecule has 1 aliphatic rings. The summed E-state index contributed by atoms with van der Waals surface area (Å²) in [6.45, 7) is 2.00. The SMILES string of the molecule is C1CCOCC1.[Te]. The van der Waals surface area contributed by atoms with E-state index in [2.05, 4.69) is 0 Å². The first-order valence-corrected chi connectivity index (χ1v) is 2.58. The van der Waals surface area contributed by atoms with Crippen molar-refractivity contribution in [3.63, 3.8) is 0 Å². The Morgan fingerprint density at radius 2 is 1.43 bits per heavy atom. The molecule has 1 saturated heterocycles. The van der Waals surface area contributed by atoms with Gasteiger partial charge in [0.1, 0.15) is 0 Å². The first-order valence-electron chi connectivity index (χ1n) is 2.58. The van der Waals surface area contributed by atoms with Crippen LogP contribution in [0.2, 0.25) is 0 Å². The molecule has 0 aliphatic carbocycles. The van der Waals surface area contributed by atoms with Crippen LogP contribution in [0.4, 0.5) is 0 Å². The van der Waals surface area contributed by atoms with Crippen molar-refractivity contribution in [1.29, 1.82) is 0 Å². The van der Waals surface area contributed by atoms with Crippen LogP contribution in [0.5, 0.6) is 0 Å². The molecular weight excluding hydrogens is 204 g/mol. The molecule has 2 radical (unpaired) electrons. The van der Waals surface area contributed by atoms with Crippen LogP contribution < -0.4 is 0 Å². The minimum Gasteiger partial charge on any atom is -0.381 e. The topological polar surface area (TPSA) is 9.23 Å². The van der Waals surface area contributed by atoms with E-state index in [1.807, 2.05) is 0 Å². The molecule has 0 aromatic carbocycles. The second-order valence-corrected chi connectivity index (χ2v) is 1.67. The first-order chi connectivity index (χ1) is 3.00. The average molecular weight is 214 g/mol. The third-order valence-corrected chi connectivity index (χ3v) is 1.08. The van der Waals surface area contributed by atoms with Gasteiger partial charge in [-0.1, -0.05) is 0 Å². The van der Waals surface area contributed by atoms with Crippen LogP contribution in [-0.2, 0) is 4.74 Å². The van der Waals surface area contributed by atoms with E-state index in [-0.39, 0.29) is 23.7 Å². The zero-order valence-corrected chi connectivity index (χ0v) is 6.68. The van der Waals surface area contributed by atoms with Crippen LogP contribution in [-0.4, -0.2) is 36.9 Å². The minimum atomic E-state index is 0. The second-order valence-electron chi connectivity index (χ2n) is 1.67. The first kappa shape index (κ1) is 7.75. The van der Waals surface area contributed by atoms with Crippen molar-refractivity contribution >= 4 is 23.7 Å². The van der Waals surface area contributed by atoms with Crippen LogP contribution in [0.15, 0.2) is 0 Å². The van der Waals surface area contributed by atoms with Gasteiger partial charge in [-0.25, -0.2) is 0 Å². The molecule has 0 amide bonds. The fourth-order valence-corrected chi connectivity index (χ4v) is 0.687. The molecule has 0 spiro atoms. The monoisotopic (exact) mass is 216 g/mol. The molecule has 0 bridgehead atoms. The molecule has 0 N–H and O–H groups in total. The number of hydrogen-bond donors (Lipinski definition) is 0. The van der Waals surface area contributed by atoms with Crippen LogP contribution in [0.1, 0.15) is 19.3 Å². The van der Waals surface area contributed by atoms with E-state index in [4.69, 9.17) is 4.74 Å². The summed E-state index contributed by atoms with van der Waals surface area (Å²) in [7, 11) is 0. The maximum absolute atomic E-state index is 5.07.